The fourth-order valence-electron chi connectivity index (χ4n) is 2.85. The number of aryl methyl sites for hydroxylation is 1. The summed E-state index contributed by atoms with van der Waals surface area (Å²) in [4.78, 5) is 41.5. The summed E-state index contributed by atoms with van der Waals surface area (Å²) in [5.41, 5.74) is 3.18. The molecule has 4 aromatic heterocycles. The number of rotatable bonds is 7. The highest BCUT2D eigenvalue weighted by atomic mass is 79.9. The second kappa shape index (κ2) is 13.7. The molecule has 0 aliphatic rings. The van der Waals surface area contributed by atoms with E-state index in [1.54, 1.807) is 38.6 Å². The summed E-state index contributed by atoms with van der Waals surface area (Å²) in [5.74, 6) is -0.638. The second-order valence-electron chi connectivity index (χ2n) is 6.94. The number of esters is 2. The molecule has 8 nitrogen and oxygen atoms in total. The van der Waals surface area contributed by atoms with Gasteiger partial charge < -0.3 is 9.47 Å². The standard InChI is InChI=1S/C12H10Br2N2O2S.C12H12N2O2S/c1-2-18-12(17)10-9(4-13)16-11(19-10)7-3-8(14)6-15-5-7;1-3-16-12(15)10-8(2)14-11(17-10)9-5-4-6-13-7-9/h3,5-6H,2,4H2,1H3;4-7H,3H2,1-2H3. The van der Waals surface area contributed by atoms with E-state index in [1.807, 2.05) is 25.1 Å². The van der Waals surface area contributed by atoms with Crippen molar-refractivity contribution >= 4 is 66.5 Å². The number of nitrogens with zero attached hydrogens (tertiary/aromatic N) is 4. The maximum absolute atomic E-state index is 11.8. The van der Waals surface area contributed by atoms with E-state index in [0.29, 0.717) is 39.7 Å². The van der Waals surface area contributed by atoms with Crippen molar-refractivity contribution in [2.45, 2.75) is 26.1 Å². The summed E-state index contributed by atoms with van der Waals surface area (Å²) in [6.45, 7) is 6.11. The van der Waals surface area contributed by atoms with E-state index < -0.39 is 0 Å². The van der Waals surface area contributed by atoms with Crippen molar-refractivity contribution in [3.63, 3.8) is 0 Å². The van der Waals surface area contributed by atoms with Crippen molar-refractivity contribution in [1.82, 2.24) is 19.9 Å². The predicted molar refractivity (Wildman–Crippen MR) is 148 cm³/mol. The highest BCUT2D eigenvalue weighted by Crippen LogP contribution is 2.31. The number of ether oxygens (including phenoxy) is 2. The summed E-state index contributed by atoms with van der Waals surface area (Å²) >= 11 is 9.36. The summed E-state index contributed by atoms with van der Waals surface area (Å²) in [6.07, 6.45) is 6.86. The average molecular weight is 654 g/mol. The molecule has 4 rings (SSSR count). The molecule has 0 saturated carbocycles. The Morgan fingerprint density at radius 3 is 2.17 bits per heavy atom. The number of carbonyl (C=O) groups is 2. The zero-order valence-corrected chi connectivity index (χ0v) is 24.5. The van der Waals surface area contributed by atoms with Gasteiger partial charge in [-0.25, -0.2) is 19.6 Å². The Bertz CT molecular complexity index is 1330. The fourth-order valence-corrected chi connectivity index (χ4v) is 5.71. The van der Waals surface area contributed by atoms with E-state index in [4.69, 9.17) is 9.47 Å². The van der Waals surface area contributed by atoms with Crippen molar-refractivity contribution in [3.8, 4) is 21.1 Å². The van der Waals surface area contributed by atoms with Crippen molar-refractivity contribution in [1.29, 1.82) is 0 Å². The summed E-state index contributed by atoms with van der Waals surface area (Å²) in [6, 6.07) is 5.68. The Kier molecular flexibility index (Phi) is 10.7. The van der Waals surface area contributed by atoms with E-state index >= 15 is 0 Å². The second-order valence-corrected chi connectivity index (χ2v) is 10.4. The molecule has 12 heteroatoms. The lowest BCUT2D eigenvalue weighted by molar-refractivity contribution is 0.0521. The van der Waals surface area contributed by atoms with Crippen LogP contribution in [0, 0.1) is 6.92 Å². The molecule has 4 aromatic rings. The third-order valence-electron chi connectivity index (χ3n) is 4.40. The molecule has 36 heavy (non-hydrogen) atoms. The molecule has 0 aromatic carbocycles. The molecule has 4 heterocycles. The minimum absolute atomic E-state index is 0.308. The van der Waals surface area contributed by atoms with Crippen molar-refractivity contribution < 1.29 is 19.1 Å². The molecule has 0 fully saturated rings. The Balaban J connectivity index is 0.000000202. The van der Waals surface area contributed by atoms with E-state index in [9.17, 15) is 9.59 Å². The smallest absolute Gasteiger partial charge is 0.350 e. The molecule has 188 valence electrons. The Labute approximate surface area is 233 Å². The topological polar surface area (TPSA) is 104 Å². The maximum atomic E-state index is 11.8. The van der Waals surface area contributed by atoms with Gasteiger partial charge in [-0.1, -0.05) is 15.9 Å². The van der Waals surface area contributed by atoms with Gasteiger partial charge in [-0.2, -0.15) is 0 Å². The summed E-state index contributed by atoms with van der Waals surface area (Å²) < 4.78 is 10.9. The van der Waals surface area contributed by atoms with E-state index in [0.717, 1.165) is 25.6 Å². The molecule has 0 aliphatic carbocycles. The first kappa shape index (κ1) is 28.0. The van der Waals surface area contributed by atoms with Crippen LogP contribution in [0.4, 0.5) is 0 Å². The molecule has 0 spiro atoms. The van der Waals surface area contributed by atoms with Crippen LogP contribution >= 0.6 is 54.5 Å². The van der Waals surface area contributed by atoms with Crippen LogP contribution in [-0.4, -0.2) is 45.1 Å². The number of hydrogen-bond acceptors (Lipinski definition) is 10. The number of thiazole rings is 2. The lowest BCUT2D eigenvalue weighted by atomic mass is 10.3. The van der Waals surface area contributed by atoms with Gasteiger partial charge in [-0.15, -0.1) is 22.7 Å². The first-order valence-electron chi connectivity index (χ1n) is 10.8. The molecular weight excluding hydrogens is 632 g/mol. The highest BCUT2D eigenvalue weighted by Gasteiger charge is 2.19. The minimum Gasteiger partial charge on any atom is -0.462 e. The molecule has 0 aliphatic heterocycles. The van der Waals surface area contributed by atoms with Gasteiger partial charge in [-0.05, 0) is 54.9 Å². The fraction of sp³-hybridized carbons (Fsp3) is 0.250. The van der Waals surface area contributed by atoms with Gasteiger partial charge in [0.15, 0.2) is 0 Å². The molecule has 0 bridgehead atoms. The molecule has 0 N–H and O–H groups in total. The van der Waals surface area contributed by atoms with Crippen molar-refractivity contribution in [2.24, 2.45) is 0 Å². The van der Waals surface area contributed by atoms with Gasteiger partial charge in [0.1, 0.15) is 19.8 Å². The van der Waals surface area contributed by atoms with Crippen LogP contribution in [0.5, 0.6) is 0 Å². The van der Waals surface area contributed by atoms with Crippen molar-refractivity contribution in [2.75, 3.05) is 13.2 Å². The van der Waals surface area contributed by atoms with Crippen LogP contribution < -0.4 is 0 Å². The SMILES string of the molecule is CCOC(=O)c1sc(-c2cccnc2)nc1C.CCOC(=O)c1sc(-c2cncc(Br)c2)nc1CBr. The largest absolute Gasteiger partial charge is 0.462 e. The first-order valence-corrected chi connectivity index (χ1v) is 14.3. The summed E-state index contributed by atoms with van der Waals surface area (Å²) in [5, 5.41) is 2.06. The third-order valence-corrected chi connectivity index (χ3v) is 7.68. The highest BCUT2D eigenvalue weighted by molar-refractivity contribution is 9.10. The van der Waals surface area contributed by atoms with E-state index in [2.05, 4.69) is 51.8 Å². The Hall–Kier alpha value is -2.54. The number of alkyl halides is 1. The summed E-state index contributed by atoms with van der Waals surface area (Å²) in [7, 11) is 0. The van der Waals surface area contributed by atoms with Crippen LogP contribution in [0.1, 0.15) is 44.6 Å². The predicted octanol–water partition coefficient (Wildman–Crippen LogP) is 6.73. The maximum Gasteiger partial charge on any atom is 0.350 e. The molecule has 0 unspecified atom stereocenters. The van der Waals surface area contributed by atoms with Gasteiger partial charge in [0.2, 0.25) is 0 Å². The van der Waals surface area contributed by atoms with E-state index in [1.165, 1.54) is 22.7 Å². The number of halogens is 2. The quantitative estimate of drug-likeness (QED) is 0.160. The first-order chi connectivity index (χ1) is 17.4. The Morgan fingerprint density at radius 1 is 0.917 bits per heavy atom. The molecule has 0 saturated heterocycles. The molecular formula is C24H22Br2N4O4S2. The number of carbonyl (C=O) groups excluding carboxylic acids is 2. The lowest BCUT2D eigenvalue weighted by Crippen LogP contribution is -2.04. The molecule has 0 radical (unpaired) electrons. The van der Waals surface area contributed by atoms with Crippen molar-refractivity contribution in [3.05, 3.63) is 68.6 Å². The lowest BCUT2D eigenvalue weighted by Gasteiger charge is -1.98. The van der Waals surface area contributed by atoms with Gasteiger partial charge >= 0.3 is 11.9 Å². The average Bonchev–Trinajstić information content (AvgIpc) is 3.49. The van der Waals surface area contributed by atoms with Gasteiger partial charge in [0.05, 0.1) is 24.6 Å². The van der Waals surface area contributed by atoms with Crippen LogP contribution in [0.3, 0.4) is 0 Å². The molecule has 0 atom stereocenters. The number of aromatic nitrogens is 4. The van der Waals surface area contributed by atoms with Crippen LogP contribution in [0.15, 0.2) is 47.5 Å². The third kappa shape index (κ3) is 7.25. The van der Waals surface area contributed by atoms with Gasteiger partial charge in [0.25, 0.3) is 0 Å². The normalized spacial score (nSPS) is 10.4. The zero-order chi connectivity index (χ0) is 26.1. The van der Waals surface area contributed by atoms with Gasteiger partial charge in [0, 0.05) is 45.7 Å². The van der Waals surface area contributed by atoms with Crippen LogP contribution in [0.25, 0.3) is 21.1 Å². The zero-order valence-electron chi connectivity index (χ0n) is 19.7. The monoisotopic (exact) mass is 652 g/mol. The minimum atomic E-state index is -0.330. The van der Waals surface area contributed by atoms with E-state index in [-0.39, 0.29) is 11.9 Å². The van der Waals surface area contributed by atoms with Crippen LogP contribution in [0.2, 0.25) is 0 Å². The molecule has 0 amide bonds. The number of pyridine rings is 2. The Morgan fingerprint density at radius 2 is 1.56 bits per heavy atom. The van der Waals surface area contributed by atoms with Crippen LogP contribution in [-0.2, 0) is 14.8 Å². The number of hydrogen-bond donors (Lipinski definition) is 0. The van der Waals surface area contributed by atoms with Gasteiger partial charge in [-0.3, -0.25) is 9.97 Å².